The molecule has 5 heteroatoms. The third kappa shape index (κ3) is 2.34. The van der Waals surface area contributed by atoms with Gasteiger partial charge >= 0.3 is 6.09 Å². The van der Waals surface area contributed by atoms with Crippen molar-refractivity contribution in [1.29, 1.82) is 0 Å². The van der Waals surface area contributed by atoms with E-state index in [-0.39, 0.29) is 17.4 Å². The van der Waals surface area contributed by atoms with E-state index in [9.17, 15) is 4.79 Å². The van der Waals surface area contributed by atoms with Gasteiger partial charge in [-0.3, -0.25) is 4.90 Å². The predicted octanol–water partition coefficient (Wildman–Crippen LogP) is 4.18. The zero-order chi connectivity index (χ0) is 14.1. The summed E-state index contributed by atoms with van der Waals surface area (Å²) in [4.78, 5) is 15.1. The SMILES string of the molecule is CCOC(=O)N1c2ccccc2SC2C=CC(Cl)=CC21. The number of nitrogens with zero attached hydrogens (tertiary/aromatic N) is 1. The second-order valence-electron chi connectivity index (χ2n) is 4.52. The fourth-order valence-electron chi connectivity index (χ4n) is 2.42. The largest absolute Gasteiger partial charge is 0.449 e. The zero-order valence-corrected chi connectivity index (χ0v) is 12.5. The minimum absolute atomic E-state index is 0.105. The number of carbonyl (C=O) groups is 1. The maximum atomic E-state index is 12.3. The molecule has 1 aromatic rings. The lowest BCUT2D eigenvalue weighted by atomic mass is 10.1. The number of carbonyl (C=O) groups excluding carboxylic acids is 1. The van der Waals surface area contributed by atoms with Gasteiger partial charge in [0.15, 0.2) is 0 Å². The van der Waals surface area contributed by atoms with Crippen LogP contribution in [0.3, 0.4) is 0 Å². The molecular formula is C15H14ClNO2S. The first-order valence-electron chi connectivity index (χ1n) is 6.48. The van der Waals surface area contributed by atoms with E-state index in [1.54, 1.807) is 16.7 Å². The maximum Gasteiger partial charge on any atom is 0.414 e. The molecule has 2 unspecified atom stereocenters. The number of hydrogen-bond acceptors (Lipinski definition) is 3. The van der Waals surface area contributed by atoms with Gasteiger partial charge in [0.2, 0.25) is 0 Å². The van der Waals surface area contributed by atoms with Gasteiger partial charge in [-0.1, -0.05) is 29.8 Å². The van der Waals surface area contributed by atoms with Crippen molar-refractivity contribution >= 4 is 35.1 Å². The number of halogens is 1. The molecule has 1 amide bonds. The summed E-state index contributed by atoms with van der Waals surface area (Å²) in [5, 5.41) is 0.817. The van der Waals surface area contributed by atoms with Crippen LogP contribution in [0.5, 0.6) is 0 Å². The van der Waals surface area contributed by atoms with E-state index in [0.717, 1.165) is 10.6 Å². The molecule has 0 saturated heterocycles. The van der Waals surface area contributed by atoms with Gasteiger partial charge in [0.25, 0.3) is 0 Å². The Morgan fingerprint density at radius 3 is 3.05 bits per heavy atom. The van der Waals surface area contributed by atoms with E-state index in [4.69, 9.17) is 16.3 Å². The topological polar surface area (TPSA) is 29.5 Å². The number of rotatable bonds is 1. The number of ether oxygens (including phenoxy) is 1. The minimum atomic E-state index is -0.328. The van der Waals surface area contributed by atoms with Gasteiger partial charge in [-0.15, -0.1) is 11.8 Å². The molecule has 1 aliphatic carbocycles. The van der Waals surface area contributed by atoms with E-state index < -0.39 is 0 Å². The quantitative estimate of drug-likeness (QED) is 0.779. The molecule has 1 aromatic carbocycles. The highest BCUT2D eigenvalue weighted by molar-refractivity contribution is 8.00. The first-order valence-corrected chi connectivity index (χ1v) is 7.73. The van der Waals surface area contributed by atoms with E-state index in [0.29, 0.717) is 11.6 Å². The number of benzene rings is 1. The lowest BCUT2D eigenvalue weighted by Gasteiger charge is -2.39. The third-order valence-corrected chi connectivity index (χ3v) is 4.82. The van der Waals surface area contributed by atoms with E-state index in [2.05, 4.69) is 0 Å². The van der Waals surface area contributed by atoms with E-state index in [1.165, 1.54) is 0 Å². The van der Waals surface area contributed by atoms with Gasteiger partial charge in [-0.25, -0.2) is 4.79 Å². The number of hydrogen-bond donors (Lipinski definition) is 0. The molecule has 20 heavy (non-hydrogen) atoms. The van der Waals surface area contributed by atoms with Gasteiger partial charge in [0, 0.05) is 9.93 Å². The Bertz CT molecular complexity index is 599. The van der Waals surface area contributed by atoms with Crippen molar-refractivity contribution in [3.63, 3.8) is 0 Å². The van der Waals surface area contributed by atoms with Crippen LogP contribution < -0.4 is 4.90 Å². The number of allylic oxidation sites excluding steroid dienone is 2. The third-order valence-electron chi connectivity index (χ3n) is 3.26. The number of fused-ring (bicyclic) bond motifs is 2. The summed E-state index contributed by atoms with van der Waals surface area (Å²) in [5.74, 6) is 0. The van der Waals surface area contributed by atoms with Crippen molar-refractivity contribution in [3.8, 4) is 0 Å². The summed E-state index contributed by atoms with van der Waals surface area (Å²) in [7, 11) is 0. The lowest BCUT2D eigenvalue weighted by molar-refractivity contribution is 0.158. The van der Waals surface area contributed by atoms with Crippen LogP contribution in [0.2, 0.25) is 0 Å². The lowest BCUT2D eigenvalue weighted by Crippen LogP contribution is -2.48. The van der Waals surface area contributed by atoms with Crippen LogP contribution in [0, 0.1) is 0 Å². The smallest absolute Gasteiger partial charge is 0.414 e. The Morgan fingerprint density at radius 2 is 2.25 bits per heavy atom. The molecule has 104 valence electrons. The Morgan fingerprint density at radius 1 is 1.45 bits per heavy atom. The average molecular weight is 308 g/mol. The molecule has 0 bridgehead atoms. The molecule has 1 heterocycles. The fraction of sp³-hybridized carbons (Fsp3) is 0.267. The molecule has 0 spiro atoms. The molecule has 0 aromatic heterocycles. The maximum absolute atomic E-state index is 12.3. The molecule has 2 aliphatic rings. The zero-order valence-electron chi connectivity index (χ0n) is 11.0. The monoisotopic (exact) mass is 307 g/mol. The van der Waals surface area contributed by atoms with Crippen LogP contribution in [-0.2, 0) is 4.74 Å². The predicted molar refractivity (Wildman–Crippen MR) is 82.5 cm³/mol. The molecule has 3 nitrogen and oxygen atoms in total. The molecule has 2 atom stereocenters. The fourth-order valence-corrected chi connectivity index (χ4v) is 3.86. The van der Waals surface area contributed by atoms with Crippen LogP contribution in [0.25, 0.3) is 0 Å². The van der Waals surface area contributed by atoms with Crippen LogP contribution >= 0.6 is 23.4 Å². The Hall–Kier alpha value is -1.39. The first kappa shape index (κ1) is 13.6. The summed E-state index contributed by atoms with van der Waals surface area (Å²) in [6.45, 7) is 2.17. The average Bonchev–Trinajstić information content (AvgIpc) is 2.45. The van der Waals surface area contributed by atoms with Gasteiger partial charge in [0.1, 0.15) is 0 Å². The van der Waals surface area contributed by atoms with Crippen LogP contribution in [0.4, 0.5) is 10.5 Å². The Balaban J connectivity index is 2.06. The molecule has 3 rings (SSSR count). The highest BCUT2D eigenvalue weighted by Gasteiger charge is 2.38. The Labute approximate surface area is 127 Å². The normalized spacial score (nSPS) is 23.7. The molecule has 0 radical (unpaired) electrons. The van der Waals surface area contributed by atoms with Crippen molar-refractivity contribution < 1.29 is 9.53 Å². The highest BCUT2D eigenvalue weighted by Crippen LogP contribution is 2.44. The van der Waals surface area contributed by atoms with Gasteiger partial charge in [-0.2, -0.15) is 0 Å². The highest BCUT2D eigenvalue weighted by atomic mass is 35.5. The summed E-state index contributed by atoms with van der Waals surface area (Å²) < 4.78 is 5.20. The summed E-state index contributed by atoms with van der Waals surface area (Å²) in [6, 6.07) is 7.76. The molecule has 0 saturated carbocycles. The second-order valence-corrected chi connectivity index (χ2v) is 6.18. The van der Waals surface area contributed by atoms with Gasteiger partial charge in [0.05, 0.1) is 23.6 Å². The molecule has 0 N–H and O–H groups in total. The first-order chi connectivity index (χ1) is 9.70. The van der Waals surface area contributed by atoms with Crippen molar-refractivity contribution in [3.05, 3.63) is 47.5 Å². The summed E-state index contributed by atoms with van der Waals surface area (Å²) in [6.07, 6.45) is 5.50. The van der Waals surface area contributed by atoms with Crippen molar-refractivity contribution in [2.75, 3.05) is 11.5 Å². The standard InChI is InChI=1S/C15H14ClNO2S/c1-2-19-15(18)17-11-5-3-4-6-13(11)20-14-8-7-10(16)9-12(14)17/h3-9,12,14H,2H2,1H3. The van der Waals surface area contributed by atoms with Crippen LogP contribution in [0.15, 0.2) is 52.4 Å². The number of thioether (sulfide) groups is 1. The van der Waals surface area contributed by atoms with Gasteiger partial charge < -0.3 is 4.74 Å². The van der Waals surface area contributed by atoms with Gasteiger partial charge in [-0.05, 0) is 31.2 Å². The second kappa shape index (κ2) is 5.54. The van der Waals surface area contributed by atoms with Crippen molar-refractivity contribution in [2.45, 2.75) is 23.1 Å². The molecule has 0 fully saturated rings. The summed E-state index contributed by atoms with van der Waals surface area (Å²) in [5.41, 5.74) is 0.883. The summed E-state index contributed by atoms with van der Waals surface area (Å²) >= 11 is 7.84. The number of anilines is 1. The van der Waals surface area contributed by atoms with E-state index >= 15 is 0 Å². The molecular weight excluding hydrogens is 294 g/mol. The number of amides is 1. The van der Waals surface area contributed by atoms with Crippen LogP contribution in [0.1, 0.15) is 6.92 Å². The number of para-hydroxylation sites is 1. The Kier molecular flexibility index (Phi) is 3.76. The van der Waals surface area contributed by atoms with Crippen molar-refractivity contribution in [2.24, 2.45) is 0 Å². The van der Waals surface area contributed by atoms with E-state index in [1.807, 2.05) is 49.4 Å². The minimum Gasteiger partial charge on any atom is -0.449 e. The molecule has 1 aliphatic heterocycles. The van der Waals surface area contributed by atoms with Crippen LogP contribution in [-0.4, -0.2) is 24.0 Å². The van der Waals surface area contributed by atoms with Crippen molar-refractivity contribution in [1.82, 2.24) is 0 Å².